The first-order valence-corrected chi connectivity index (χ1v) is 6.95. The minimum absolute atomic E-state index is 0.341. The lowest BCUT2D eigenvalue weighted by molar-refractivity contribution is 0.388. The van der Waals surface area contributed by atoms with Crippen molar-refractivity contribution in [2.75, 3.05) is 25.7 Å². The van der Waals surface area contributed by atoms with Crippen LogP contribution < -0.4 is 14.8 Å². The maximum absolute atomic E-state index is 5.43. The van der Waals surface area contributed by atoms with Crippen molar-refractivity contribution in [2.45, 2.75) is 19.0 Å². The molecule has 2 unspecified atom stereocenters. The molecule has 1 aliphatic heterocycles. The Hall–Kier alpha value is -0.870. The molecule has 0 amide bonds. The Labute approximate surface area is 107 Å². The van der Waals surface area contributed by atoms with Crippen molar-refractivity contribution < 1.29 is 9.47 Å². The number of nitrogens with one attached hydrogen (secondary N) is 1. The summed E-state index contributed by atoms with van der Waals surface area (Å²) in [5.41, 5.74) is 1.19. The van der Waals surface area contributed by atoms with Crippen molar-refractivity contribution in [3.05, 3.63) is 23.8 Å². The zero-order chi connectivity index (χ0) is 12.3. The van der Waals surface area contributed by atoms with Gasteiger partial charge in [-0.1, -0.05) is 0 Å². The molecular formula is C13H19NO2S. The van der Waals surface area contributed by atoms with Crippen LogP contribution in [-0.4, -0.2) is 31.8 Å². The van der Waals surface area contributed by atoms with Gasteiger partial charge >= 0.3 is 0 Å². The van der Waals surface area contributed by atoms with E-state index in [1.165, 1.54) is 11.3 Å². The molecular weight excluding hydrogens is 234 g/mol. The Kier molecular flexibility index (Phi) is 4.18. The number of thioether (sulfide) groups is 1. The van der Waals surface area contributed by atoms with Crippen LogP contribution in [0.4, 0.5) is 0 Å². The fourth-order valence-electron chi connectivity index (χ4n) is 2.09. The molecule has 0 aromatic heterocycles. The summed E-state index contributed by atoms with van der Waals surface area (Å²) in [5, 5.41) is 3.60. The fourth-order valence-corrected chi connectivity index (χ4v) is 3.19. The number of benzene rings is 1. The Bertz CT molecular complexity index is 384. The van der Waals surface area contributed by atoms with Crippen LogP contribution >= 0.6 is 11.8 Å². The van der Waals surface area contributed by atoms with Gasteiger partial charge in [-0.05, 0) is 25.1 Å². The standard InChI is InChI=1S/C13H19NO2S/c1-9-7-17-8-12(14-9)11-6-10(15-2)4-5-13(11)16-3/h4-6,9,12,14H,7-8H2,1-3H3. The van der Waals surface area contributed by atoms with Crippen LogP contribution in [0.3, 0.4) is 0 Å². The van der Waals surface area contributed by atoms with Gasteiger partial charge in [-0.3, -0.25) is 0 Å². The third-order valence-corrected chi connectivity index (χ3v) is 4.26. The monoisotopic (exact) mass is 253 g/mol. The molecule has 0 bridgehead atoms. The highest BCUT2D eigenvalue weighted by Gasteiger charge is 2.22. The molecule has 3 nitrogen and oxygen atoms in total. The summed E-state index contributed by atoms with van der Waals surface area (Å²) in [4.78, 5) is 0. The smallest absolute Gasteiger partial charge is 0.123 e. The zero-order valence-electron chi connectivity index (χ0n) is 10.5. The lowest BCUT2D eigenvalue weighted by Gasteiger charge is -2.29. The SMILES string of the molecule is COc1ccc(OC)c(C2CSCC(C)N2)c1. The van der Waals surface area contributed by atoms with Gasteiger partial charge in [-0.2, -0.15) is 11.8 Å². The molecule has 2 rings (SSSR count). The van der Waals surface area contributed by atoms with Gasteiger partial charge in [-0.15, -0.1) is 0 Å². The van der Waals surface area contributed by atoms with Crippen molar-refractivity contribution >= 4 is 11.8 Å². The fraction of sp³-hybridized carbons (Fsp3) is 0.538. The molecule has 1 heterocycles. The number of rotatable bonds is 3. The second-order valence-corrected chi connectivity index (χ2v) is 5.34. The molecule has 2 atom stereocenters. The average Bonchev–Trinajstić information content (AvgIpc) is 2.38. The van der Waals surface area contributed by atoms with Crippen molar-refractivity contribution in [1.29, 1.82) is 0 Å². The number of ether oxygens (including phenoxy) is 2. The lowest BCUT2D eigenvalue weighted by Crippen LogP contribution is -2.38. The molecule has 1 aromatic carbocycles. The van der Waals surface area contributed by atoms with E-state index in [0.717, 1.165) is 17.3 Å². The van der Waals surface area contributed by atoms with Gasteiger partial charge in [0, 0.05) is 29.2 Å². The normalized spacial score (nSPS) is 24.4. The van der Waals surface area contributed by atoms with E-state index in [2.05, 4.69) is 18.3 Å². The molecule has 1 aromatic rings. The highest BCUT2D eigenvalue weighted by Crippen LogP contribution is 2.33. The van der Waals surface area contributed by atoms with E-state index >= 15 is 0 Å². The van der Waals surface area contributed by atoms with Crippen LogP contribution in [0.1, 0.15) is 18.5 Å². The van der Waals surface area contributed by atoms with Gasteiger partial charge in [0.15, 0.2) is 0 Å². The molecule has 0 radical (unpaired) electrons. The third kappa shape index (κ3) is 2.87. The first kappa shape index (κ1) is 12.6. The zero-order valence-corrected chi connectivity index (χ0v) is 11.3. The predicted molar refractivity (Wildman–Crippen MR) is 72.2 cm³/mol. The third-order valence-electron chi connectivity index (χ3n) is 2.95. The van der Waals surface area contributed by atoms with Crippen LogP contribution in [0.25, 0.3) is 0 Å². The highest BCUT2D eigenvalue weighted by atomic mass is 32.2. The quantitative estimate of drug-likeness (QED) is 0.896. The minimum atomic E-state index is 0.341. The van der Waals surface area contributed by atoms with Gasteiger partial charge in [0.05, 0.1) is 14.2 Å². The Morgan fingerprint density at radius 3 is 2.71 bits per heavy atom. The van der Waals surface area contributed by atoms with E-state index in [9.17, 15) is 0 Å². The topological polar surface area (TPSA) is 30.5 Å². The Morgan fingerprint density at radius 1 is 1.24 bits per heavy atom. The van der Waals surface area contributed by atoms with Crippen LogP contribution in [0, 0.1) is 0 Å². The lowest BCUT2D eigenvalue weighted by atomic mass is 10.1. The first-order valence-electron chi connectivity index (χ1n) is 5.80. The Morgan fingerprint density at radius 2 is 2.06 bits per heavy atom. The van der Waals surface area contributed by atoms with E-state index < -0.39 is 0 Å². The highest BCUT2D eigenvalue weighted by molar-refractivity contribution is 7.99. The molecule has 4 heteroatoms. The van der Waals surface area contributed by atoms with Crippen LogP contribution in [0.2, 0.25) is 0 Å². The largest absolute Gasteiger partial charge is 0.497 e. The van der Waals surface area contributed by atoms with Crippen LogP contribution in [0.5, 0.6) is 11.5 Å². The minimum Gasteiger partial charge on any atom is -0.497 e. The van der Waals surface area contributed by atoms with Gasteiger partial charge < -0.3 is 14.8 Å². The van der Waals surface area contributed by atoms with E-state index in [1.807, 2.05) is 23.9 Å². The molecule has 1 aliphatic rings. The maximum Gasteiger partial charge on any atom is 0.123 e. The molecule has 94 valence electrons. The summed E-state index contributed by atoms with van der Waals surface area (Å²) in [5.74, 6) is 4.06. The molecule has 0 spiro atoms. The molecule has 0 saturated carbocycles. The first-order chi connectivity index (χ1) is 8.24. The molecule has 0 aliphatic carbocycles. The summed E-state index contributed by atoms with van der Waals surface area (Å²) in [7, 11) is 3.40. The molecule has 1 saturated heterocycles. The van der Waals surface area contributed by atoms with Gasteiger partial charge in [0.1, 0.15) is 11.5 Å². The van der Waals surface area contributed by atoms with E-state index in [0.29, 0.717) is 12.1 Å². The van der Waals surface area contributed by atoms with Crippen LogP contribution in [0.15, 0.2) is 18.2 Å². The Balaban J connectivity index is 2.27. The number of hydrogen-bond acceptors (Lipinski definition) is 4. The molecule has 1 fully saturated rings. The maximum atomic E-state index is 5.43. The summed E-state index contributed by atoms with van der Waals surface area (Å²) in [6.45, 7) is 2.21. The van der Waals surface area contributed by atoms with Gasteiger partial charge in [0.2, 0.25) is 0 Å². The summed E-state index contributed by atoms with van der Waals surface area (Å²) in [6.07, 6.45) is 0. The van der Waals surface area contributed by atoms with Crippen molar-refractivity contribution in [3.8, 4) is 11.5 Å². The van der Waals surface area contributed by atoms with Crippen LogP contribution in [-0.2, 0) is 0 Å². The summed E-state index contributed by atoms with van der Waals surface area (Å²) in [6, 6.07) is 6.85. The second kappa shape index (κ2) is 5.65. The summed E-state index contributed by atoms with van der Waals surface area (Å²) >= 11 is 1.98. The molecule has 17 heavy (non-hydrogen) atoms. The predicted octanol–water partition coefficient (Wildman–Crippen LogP) is 2.47. The van der Waals surface area contributed by atoms with Gasteiger partial charge in [0.25, 0.3) is 0 Å². The van der Waals surface area contributed by atoms with Crippen molar-refractivity contribution in [3.63, 3.8) is 0 Å². The van der Waals surface area contributed by atoms with E-state index in [-0.39, 0.29) is 0 Å². The van der Waals surface area contributed by atoms with E-state index in [4.69, 9.17) is 9.47 Å². The number of hydrogen-bond donors (Lipinski definition) is 1. The number of methoxy groups -OCH3 is 2. The second-order valence-electron chi connectivity index (χ2n) is 4.27. The van der Waals surface area contributed by atoms with E-state index in [1.54, 1.807) is 14.2 Å². The van der Waals surface area contributed by atoms with Gasteiger partial charge in [-0.25, -0.2) is 0 Å². The average molecular weight is 253 g/mol. The van der Waals surface area contributed by atoms with Crippen molar-refractivity contribution in [1.82, 2.24) is 5.32 Å². The van der Waals surface area contributed by atoms with Crippen molar-refractivity contribution in [2.24, 2.45) is 0 Å². The summed E-state index contributed by atoms with van der Waals surface area (Å²) < 4.78 is 10.7. The molecule has 1 N–H and O–H groups in total.